The second kappa shape index (κ2) is 11.2. The van der Waals surface area contributed by atoms with E-state index in [4.69, 9.17) is 4.42 Å². The summed E-state index contributed by atoms with van der Waals surface area (Å²) in [5, 5.41) is 6.50. The molecule has 7 nitrogen and oxygen atoms in total. The van der Waals surface area contributed by atoms with Gasteiger partial charge in [0.05, 0.1) is 6.26 Å². The molecule has 0 bridgehead atoms. The molecule has 0 amide bonds. The lowest BCUT2D eigenvalue weighted by molar-refractivity contribution is 0.447. The lowest BCUT2D eigenvalue weighted by Crippen LogP contribution is -2.38. The van der Waals surface area contributed by atoms with Crippen LogP contribution in [0.1, 0.15) is 31.4 Å². The summed E-state index contributed by atoms with van der Waals surface area (Å²) in [7, 11) is -3.38. The van der Waals surface area contributed by atoms with Gasteiger partial charge in [0.1, 0.15) is 9.97 Å². The van der Waals surface area contributed by atoms with E-state index in [1.807, 2.05) is 39.0 Å². The van der Waals surface area contributed by atoms with Crippen molar-refractivity contribution in [3.63, 3.8) is 0 Å². The molecule has 0 aromatic carbocycles. The number of thiophene rings is 1. The van der Waals surface area contributed by atoms with E-state index in [1.165, 1.54) is 15.6 Å². The number of furan rings is 1. The first-order chi connectivity index (χ1) is 13.5. The third-order valence-corrected chi connectivity index (χ3v) is 7.82. The van der Waals surface area contributed by atoms with E-state index in [0.29, 0.717) is 30.3 Å². The number of guanidine groups is 1. The van der Waals surface area contributed by atoms with Crippen LogP contribution in [0.2, 0.25) is 0 Å². The normalized spacial score (nSPS) is 12.5. The van der Waals surface area contributed by atoms with Crippen LogP contribution in [-0.2, 0) is 22.9 Å². The van der Waals surface area contributed by atoms with Crippen molar-refractivity contribution >= 4 is 27.3 Å². The topological polar surface area (TPSA) is 86.9 Å². The lowest BCUT2D eigenvalue weighted by atomic mass is 10.3. The zero-order chi connectivity index (χ0) is 20.4. The van der Waals surface area contributed by atoms with Gasteiger partial charge in [0.15, 0.2) is 5.96 Å². The summed E-state index contributed by atoms with van der Waals surface area (Å²) in [5.41, 5.74) is 0. The van der Waals surface area contributed by atoms with E-state index in [2.05, 4.69) is 15.6 Å². The van der Waals surface area contributed by atoms with E-state index in [9.17, 15) is 8.42 Å². The fraction of sp³-hybridized carbons (Fsp3) is 0.526. The molecule has 0 aliphatic rings. The summed E-state index contributed by atoms with van der Waals surface area (Å²) >= 11 is 1.33. The van der Waals surface area contributed by atoms with Crippen LogP contribution < -0.4 is 10.6 Å². The SMILES string of the molecule is CCNC(=NCCc1ccc(S(=O)(=O)N(CC)CC)s1)NCCc1ccco1. The Labute approximate surface area is 171 Å². The molecule has 2 aromatic heterocycles. The minimum atomic E-state index is -3.38. The van der Waals surface area contributed by atoms with Crippen LogP contribution in [0.3, 0.4) is 0 Å². The molecule has 0 fully saturated rings. The number of nitrogens with one attached hydrogen (secondary N) is 2. The van der Waals surface area contributed by atoms with Crippen LogP contribution in [0.4, 0.5) is 0 Å². The summed E-state index contributed by atoms with van der Waals surface area (Å²) in [5.74, 6) is 1.69. The highest BCUT2D eigenvalue weighted by atomic mass is 32.2. The number of sulfonamides is 1. The summed E-state index contributed by atoms with van der Waals surface area (Å²) in [6.07, 6.45) is 3.16. The van der Waals surface area contributed by atoms with Crippen LogP contribution in [0.15, 0.2) is 44.1 Å². The number of rotatable bonds is 11. The van der Waals surface area contributed by atoms with Gasteiger partial charge in [-0.3, -0.25) is 4.99 Å². The van der Waals surface area contributed by atoms with Gasteiger partial charge < -0.3 is 15.1 Å². The van der Waals surface area contributed by atoms with Crippen LogP contribution in [0.5, 0.6) is 0 Å². The molecule has 156 valence electrons. The van der Waals surface area contributed by atoms with Crippen LogP contribution in [0, 0.1) is 0 Å². The average molecular weight is 427 g/mol. The Hall–Kier alpha value is -1.84. The Morgan fingerprint density at radius 3 is 2.57 bits per heavy atom. The molecule has 2 rings (SSSR count). The van der Waals surface area contributed by atoms with Crippen molar-refractivity contribution in [2.75, 3.05) is 32.7 Å². The van der Waals surface area contributed by atoms with E-state index in [-0.39, 0.29) is 0 Å². The van der Waals surface area contributed by atoms with Crippen LogP contribution in [0.25, 0.3) is 0 Å². The predicted octanol–water partition coefficient (Wildman–Crippen LogP) is 2.71. The Balaban J connectivity index is 1.89. The molecule has 2 N–H and O–H groups in total. The van der Waals surface area contributed by atoms with Crippen molar-refractivity contribution < 1.29 is 12.8 Å². The van der Waals surface area contributed by atoms with Gasteiger partial charge in [0.25, 0.3) is 10.0 Å². The average Bonchev–Trinajstić information content (AvgIpc) is 3.35. The fourth-order valence-electron chi connectivity index (χ4n) is 2.70. The summed E-state index contributed by atoms with van der Waals surface area (Å²) in [6.45, 7) is 8.77. The predicted molar refractivity (Wildman–Crippen MR) is 115 cm³/mol. The van der Waals surface area contributed by atoms with Gasteiger partial charge in [-0.1, -0.05) is 13.8 Å². The third kappa shape index (κ3) is 6.35. The minimum absolute atomic E-state index is 0.402. The molecule has 0 saturated heterocycles. The summed E-state index contributed by atoms with van der Waals surface area (Å²) < 4.78 is 32.3. The molecule has 0 unspecified atom stereocenters. The molecule has 0 aliphatic heterocycles. The van der Waals surface area contributed by atoms with Gasteiger partial charge in [0.2, 0.25) is 0 Å². The van der Waals surface area contributed by atoms with Crippen molar-refractivity contribution in [1.82, 2.24) is 14.9 Å². The number of hydrogen-bond donors (Lipinski definition) is 2. The zero-order valence-electron chi connectivity index (χ0n) is 16.8. The zero-order valence-corrected chi connectivity index (χ0v) is 18.4. The van der Waals surface area contributed by atoms with Crippen molar-refractivity contribution in [1.29, 1.82) is 0 Å². The molecule has 0 spiro atoms. The maximum atomic E-state index is 12.6. The first-order valence-electron chi connectivity index (χ1n) is 9.64. The molecular formula is C19H30N4O3S2. The monoisotopic (exact) mass is 426 g/mol. The number of aliphatic imine (C=N–C) groups is 1. The van der Waals surface area contributed by atoms with E-state index in [1.54, 1.807) is 12.3 Å². The minimum Gasteiger partial charge on any atom is -0.469 e. The Morgan fingerprint density at radius 2 is 1.93 bits per heavy atom. The summed E-state index contributed by atoms with van der Waals surface area (Å²) in [6, 6.07) is 7.41. The van der Waals surface area contributed by atoms with Crippen LogP contribution in [-0.4, -0.2) is 51.4 Å². The fourth-order valence-corrected chi connectivity index (χ4v) is 5.66. The van der Waals surface area contributed by atoms with E-state index >= 15 is 0 Å². The smallest absolute Gasteiger partial charge is 0.252 e. The second-order valence-electron chi connectivity index (χ2n) is 6.08. The second-order valence-corrected chi connectivity index (χ2v) is 9.41. The molecule has 2 aromatic rings. The van der Waals surface area contributed by atoms with Gasteiger partial charge in [-0.2, -0.15) is 4.31 Å². The first-order valence-corrected chi connectivity index (χ1v) is 11.9. The van der Waals surface area contributed by atoms with Crippen LogP contribution >= 0.6 is 11.3 Å². The number of nitrogens with zero attached hydrogens (tertiary/aromatic N) is 2. The maximum Gasteiger partial charge on any atom is 0.252 e. The van der Waals surface area contributed by atoms with Gasteiger partial charge in [-0.05, 0) is 31.2 Å². The highest BCUT2D eigenvalue weighted by Gasteiger charge is 2.23. The van der Waals surface area contributed by atoms with Crippen molar-refractivity contribution in [2.24, 2.45) is 4.99 Å². The molecule has 0 aliphatic carbocycles. The Kier molecular flexibility index (Phi) is 9.01. The third-order valence-electron chi connectivity index (χ3n) is 4.15. The van der Waals surface area contributed by atoms with Gasteiger partial charge in [-0.25, -0.2) is 8.42 Å². The van der Waals surface area contributed by atoms with Crippen molar-refractivity contribution in [3.05, 3.63) is 41.2 Å². The Bertz CT molecular complexity index is 825. The number of hydrogen-bond acceptors (Lipinski definition) is 5. The quantitative estimate of drug-likeness (QED) is 0.426. The van der Waals surface area contributed by atoms with Gasteiger partial charge in [-0.15, -0.1) is 11.3 Å². The molecule has 0 atom stereocenters. The summed E-state index contributed by atoms with van der Waals surface area (Å²) in [4.78, 5) is 5.59. The molecule has 28 heavy (non-hydrogen) atoms. The van der Waals surface area contributed by atoms with Crippen molar-refractivity contribution in [2.45, 2.75) is 37.8 Å². The largest absolute Gasteiger partial charge is 0.469 e. The Morgan fingerprint density at radius 1 is 1.14 bits per heavy atom. The maximum absolute atomic E-state index is 12.6. The van der Waals surface area contributed by atoms with Gasteiger partial charge >= 0.3 is 0 Å². The lowest BCUT2D eigenvalue weighted by Gasteiger charge is -2.16. The standard InChI is InChI=1S/C19H30N4O3S2/c1-4-20-19(21-13-11-16-8-7-15-26-16)22-14-12-17-9-10-18(27-17)28(24,25)23(5-2)6-3/h7-10,15H,4-6,11-14H2,1-3H3,(H2,20,21,22). The molecule has 0 saturated carbocycles. The molecular weight excluding hydrogens is 396 g/mol. The van der Waals surface area contributed by atoms with Gasteiger partial charge in [0, 0.05) is 50.4 Å². The van der Waals surface area contributed by atoms with E-state index < -0.39 is 10.0 Å². The highest BCUT2D eigenvalue weighted by molar-refractivity contribution is 7.91. The highest BCUT2D eigenvalue weighted by Crippen LogP contribution is 2.25. The molecule has 2 heterocycles. The van der Waals surface area contributed by atoms with Crippen molar-refractivity contribution in [3.8, 4) is 0 Å². The van der Waals surface area contributed by atoms with E-state index in [0.717, 1.165) is 36.1 Å². The molecule has 9 heteroatoms. The first kappa shape index (κ1) is 22.4. The molecule has 0 radical (unpaired) electrons.